The van der Waals surface area contributed by atoms with E-state index in [9.17, 15) is 4.79 Å². The lowest BCUT2D eigenvalue weighted by Crippen LogP contribution is -2.27. The molecule has 1 aliphatic rings. The Bertz CT molecular complexity index is 1100. The average Bonchev–Trinajstić information content (AvgIpc) is 3.32. The van der Waals surface area contributed by atoms with E-state index in [1.54, 1.807) is 11.0 Å². The molecule has 6 heteroatoms. The van der Waals surface area contributed by atoms with Gasteiger partial charge < -0.3 is 4.42 Å². The molecule has 0 radical (unpaired) electrons. The highest BCUT2D eigenvalue weighted by Gasteiger charge is 2.33. The molecule has 1 amide bonds. The first-order valence-electron chi connectivity index (χ1n) is 9.78. The number of hydrogen-bond acceptors (Lipinski definition) is 4. The van der Waals surface area contributed by atoms with Gasteiger partial charge in [-0.2, -0.15) is 0 Å². The number of halogens is 1. The van der Waals surface area contributed by atoms with E-state index < -0.39 is 0 Å². The van der Waals surface area contributed by atoms with Gasteiger partial charge in [0.05, 0.1) is 10.6 Å². The molecular weight excluding hydrogens is 478 g/mol. The molecule has 152 valence electrons. The van der Waals surface area contributed by atoms with Gasteiger partial charge in [-0.1, -0.05) is 77.5 Å². The Kier molecular flexibility index (Phi) is 6.56. The molecular formula is C24H20BrNO2S2. The van der Waals surface area contributed by atoms with E-state index in [4.69, 9.17) is 16.6 Å². The van der Waals surface area contributed by atoms with Crippen molar-refractivity contribution in [3.05, 3.63) is 81.4 Å². The third kappa shape index (κ3) is 4.61. The van der Waals surface area contributed by atoms with Crippen molar-refractivity contribution in [1.82, 2.24) is 0 Å². The van der Waals surface area contributed by atoms with Crippen LogP contribution in [0.1, 0.15) is 31.1 Å². The molecule has 1 fully saturated rings. The van der Waals surface area contributed by atoms with Gasteiger partial charge in [-0.3, -0.25) is 9.69 Å². The third-order valence-corrected chi connectivity index (χ3v) is 6.67. The zero-order valence-electron chi connectivity index (χ0n) is 16.4. The number of hydrogen-bond donors (Lipinski definition) is 0. The van der Waals surface area contributed by atoms with Crippen LogP contribution in [0.15, 0.2) is 74.5 Å². The monoisotopic (exact) mass is 497 g/mol. The summed E-state index contributed by atoms with van der Waals surface area (Å²) in [6.07, 6.45) is 5.14. The number of carbonyl (C=O) groups excluding carboxylic acids is 1. The average molecular weight is 498 g/mol. The maximum atomic E-state index is 13.0. The van der Waals surface area contributed by atoms with Crippen LogP contribution in [0, 0.1) is 0 Å². The number of amides is 1. The Morgan fingerprint density at radius 3 is 2.50 bits per heavy atom. The summed E-state index contributed by atoms with van der Waals surface area (Å²) in [6, 6.07) is 19.8. The van der Waals surface area contributed by atoms with E-state index in [1.165, 1.54) is 17.3 Å². The molecule has 3 nitrogen and oxygen atoms in total. The van der Waals surface area contributed by atoms with Crippen LogP contribution in [0.5, 0.6) is 0 Å². The second-order valence-electron chi connectivity index (χ2n) is 7.00. The predicted molar refractivity (Wildman–Crippen MR) is 133 cm³/mol. The lowest BCUT2D eigenvalue weighted by molar-refractivity contribution is -0.113. The largest absolute Gasteiger partial charge is 0.457 e. The molecule has 0 aliphatic carbocycles. The smallest absolute Gasteiger partial charge is 0.270 e. The molecule has 3 aromatic rings. The summed E-state index contributed by atoms with van der Waals surface area (Å²) in [5.74, 6) is 1.27. The molecule has 2 heterocycles. The van der Waals surface area contributed by atoms with Gasteiger partial charge in [0.1, 0.15) is 11.5 Å². The standard InChI is InChI=1S/C24H20BrNO2S2/c1-2-3-4-16-5-11-19(12-6-16)26-23(27)22(30-24(26)29)15-20-13-14-21(28-20)17-7-9-18(25)10-8-17/h5-15H,2-4H2,1H3. The fourth-order valence-electron chi connectivity index (χ4n) is 3.21. The summed E-state index contributed by atoms with van der Waals surface area (Å²) in [4.78, 5) is 15.1. The number of rotatable bonds is 6. The van der Waals surface area contributed by atoms with Gasteiger partial charge >= 0.3 is 0 Å². The van der Waals surface area contributed by atoms with Crippen LogP contribution in [0.4, 0.5) is 5.69 Å². The van der Waals surface area contributed by atoms with E-state index in [1.807, 2.05) is 48.5 Å². The number of thioether (sulfide) groups is 1. The molecule has 0 saturated carbocycles. The summed E-state index contributed by atoms with van der Waals surface area (Å²) in [5.41, 5.74) is 3.06. The van der Waals surface area contributed by atoms with Gasteiger partial charge in [-0.05, 0) is 54.8 Å². The number of benzene rings is 2. The quantitative estimate of drug-likeness (QED) is 0.261. The maximum absolute atomic E-state index is 13.0. The van der Waals surface area contributed by atoms with E-state index >= 15 is 0 Å². The van der Waals surface area contributed by atoms with Gasteiger partial charge in [0, 0.05) is 16.1 Å². The molecule has 30 heavy (non-hydrogen) atoms. The second-order valence-corrected chi connectivity index (χ2v) is 9.59. The molecule has 0 bridgehead atoms. The number of furan rings is 1. The predicted octanol–water partition coefficient (Wildman–Crippen LogP) is 7.46. The lowest BCUT2D eigenvalue weighted by Gasteiger charge is -2.15. The Morgan fingerprint density at radius 2 is 1.80 bits per heavy atom. The Morgan fingerprint density at radius 1 is 1.07 bits per heavy atom. The van der Waals surface area contributed by atoms with Crippen molar-refractivity contribution in [2.45, 2.75) is 26.2 Å². The highest BCUT2D eigenvalue weighted by Crippen LogP contribution is 2.36. The van der Waals surface area contributed by atoms with Crippen molar-refractivity contribution in [3.8, 4) is 11.3 Å². The summed E-state index contributed by atoms with van der Waals surface area (Å²) >= 11 is 10.2. The Balaban J connectivity index is 1.52. The number of aryl methyl sites for hydroxylation is 1. The SMILES string of the molecule is CCCCc1ccc(N2C(=O)C(=Cc3ccc(-c4ccc(Br)cc4)o3)SC2=S)cc1. The first-order valence-corrected chi connectivity index (χ1v) is 11.8. The van der Waals surface area contributed by atoms with Crippen molar-refractivity contribution in [2.75, 3.05) is 4.90 Å². The first kappa shape index (κ1) is 21.1. The minimum absolute atomic E-state index is 0.118. The number of thiocarbonyl (C=S) groups is 1. The number of unbranched alkanes of at least 4 members (excludes halogenated alkanes) is 1. The minimum atomic E-state index is -0.118. The summed E-state index contributed by atoms with van der Waals surface area (Å²) in [7, 11) is 0. The van der Waals surface area contributed by atoms with Crippen molar-refractivity contribution < 1.29 is 9.21 Å². The first-order chi connectivity index (χ1) is 14.5. The van der Waals surface area contributed by atoms with Crippen LogP contribution < -0.4 is 4.90 Å². The van der Waals surface area contributed by atoms with Crippen LogP contribution in [0.2, 0.25) is 0 Å². The number of carbonyl (C=O) groups is 1. The minimum Gasteiger partial charge on any atom is -0.457 e. The van der Waals surface area contributed by atoms with Crippen molar-refractivity contribution >= 4 is 61.9 Å². The molecule has 0 N–H and O–H groups in total. The van der Waals surface area contributed by atoms with Crippen molar-refractivity contribution in [1.29, 1.82) is 0 Å². The van der Waals surface area contributed by atoms with Crippen LogP contribution in [-0.2, 0) is 11.2 Å². The highest BCUT2D eigenvalue weighted by molar-refractivity contribution is 9.10. The molecule has 4 rings (SSSR count). The number of anilines is 1. The third-order valence-electron chi connectivity index (χ3n) is 4.84. The molecule has 0 unspecified atom stereocenters. The van der Waals surface area contributed by atoms with Crippen LogP contribution >= 0.6 is 39.9 Å². The van der Waals surface area contributed by atoms with Gasteiger partial charge in [0.2, 0.25) is 0 Å². The Hall–Kier alpha value is -2.15. The summed E-state index contributed by atoms with van der Waals surface area (Å²) in [6.45, 7) is 2.18. The fraction of sp³-hybridized carbons (Fsp3) is 0.167. The molecule has 1 saturated heterocycles. The van der Waals surface area contributed by atoms with Gasteiger partial charge in [-0.15, -0.1) is 0 Å². The maximum Gasteiger partial charge on any atom is 0.270 e. The van der Waals surface area contributed by atoms with Crippen molar-refractivity contribution in [2.24, 2.45) is 0 Å². The zero-order valence-corrected chi connectivity index (χ0v) is 19.6. The van der Waals surface area contributed by atoms with Gasteiger partial charge in [0.15, 0.2) is 4.32 Å². The lowest BCUT2D eigenvalue weighted by atomic mass is 10.1. The fourth-order valence-corrected chi connectivity index (χ4v) is 4.76. The second kappa shape index (κ2) is 9.33. The molecule has 2 aromatic carbocycles. The van der Waals surface area contributed by atoms with Crippen LogP contribution in [0.25, 0.3) is 17.4 Å². The van der Waals surface area contributed by atoms with E-state index in [0.717, 1.165) is 40.7 Å². The topological polar surface area (TPSA) is 33.5 Å². The van der Waals surface area contributed by atoms with Crippen LogP contribution in [0.3, 0.4) is 0 Å². The van der Waals surface area contributed by atoms with Crippen LogP contribution in [-0.4, -0.2) is 10.2 Å². The van der Waals surface area contributed by atoms with Gasteiger partial charge in [-0.25, -0.2) is 0 Å². The van der Waals surface area contributed by atoms with E-state index in [0.29, 0.717) is 15.0 Å². The van der Waals surface area contributed by atoms with Gasteiger partial charge in [0.25, 0.3) is 5.91 Å². The van der Waals surface area contributed by atoms with E-state index in [-0.39, 0.29) is 5.91 Å². The summed E-state index contributed by atoms with van der Waals surface area (Å²) < 4.78 is 7.48. The zero-order chi connectivity index (χ0) is 21.1. The Labute approximate surface area is 194 Å². The molecule has 0 atom stereocenters. The van der Waals surface area contributed by atoms with E-state index in [2.05, 4.69) is 35.0 Å². The molecule has 0 spiro atoms. The highest BCUT2D eigenvalue weighted by atomic mass is 79.9. The van der Waals surface area contributed by atoms with Crippen molar-refractivity contribution in [3.63, 3.8) is 0 Å². The summed E-state index contributed by atoms with van der Waals surface area (Å²) in [5, 5.41) is 0. The molecule has 1 aliphatic heterocycles. The normalized spacial score (nSPS) is 15.4. The number of nitrogens with zero attached hydrogens (tertiary/aromatic N) is 1. The molecule has 1 aromatic heterocycles.